The van der Waals surface area contributed by atoms with Gasteiger partial charge in [-0.05, 0) is 18.2 Å². The molecule has 0 aliphatic rings. The molecule has 0 atom stereocenters. The van der Waals surface area contributed by atoms with Gasteiger partial charge in [-0.1, -0.05) is 23.2 Å². The van der Waals surface area contributed by atoms with Crippen molar-refractivity contribution in [3.63, 3.8) is 0 Å². The maximum Gasteiger partial charge on any atom is 0.272 e. The van der Waals surface area contributed by atoms with Gasteiger partial charge < -0.3 is 15.0 Å². The van der Waals surface area contributed by atoms with Gasteiger partial charge in [-0.3, -0.25) is 9.59 Å². The molecular formula is C13H10Cl2N2O3. The van der Waals surface area contributed by atoms with Gasteiger partial charge in [0.15, 0.2) is 5.75 Å². The Morgan fingerprint density at radius 1 is 1.30 bits per heavy atom. The lowest BCUT2D eigenvalue weighted by atomic mass is 10.3. The summed E-state index contributed by atoms with van der Waals surface area (Å²) >= 11 is 11.7. The number of amides is 1. The Morgan fingerprint density at radius 2 is 2.05 bits per heavy atom. The molecule has 1 aromatic heterocycles. The summed E-state index contributed by atoms with van der Waals surface area (Å²) in [7, 11) is 1.37. The molecule has 0 aliphatic carbocycles. The van der Waals surface area contributed by atoms with Gasteiger partial charge in [0.1, 0.15) is 5.69 Å². The second-order valence-electron chi connectivity index (χ2n) is 3.86. The Hall–Kier alpha value is -1.98. The molecule has 0 bridgehead atoms. The monoisotopic (exact) mass is 312 g/mol. The summed E-state index contributed by atoms with van der Waals surface area (Å²) in [5.41, 5.74) is 0.109. The van der Waals surface area contributed by atoms with Crippen LogP contribution in [0.2, 0.25) is 10.0 Å². The van der Waals surface area contributed by atoms with E-state index in [1.165, 1.54) is 19.4 Å². The summed E-state index contributed by atoms with van der Waals surface area (Å²) in [6.07, 6.45) is 1.32. The van der Waals surface area contributed by atoms with E-state index in [-0.39, 0.29) is 11.4 Å². The molecule has 1 heterocycles. The number of H-pyrrole nitrogens is 1. The average molecular weight is 313 g/mol. The summed E-state index contributed by atoms with van der Waals surface area (Å²) in [6.45, 7) is 0. The van der Waals surface area contributed by atoms with Crippen LogP contribution in [0.15, 0.2) is 35.3 Å². The lowest BCUT2D eigenvalue weighted by molar-refractivity contribution is 0.102. The van der Waals surface area contributed by atoms with Crippen molar-refractivity contribution >= 4 is 34.8 Å². The van der Waals surface area contributed by atoms with Crippen molar-refractivity contribution in [3.8, 4) is 5.75 Å². The van der Waals surface area contributed by atoms with Crippen LogP contribution in [0, 0.1) is 0 Å². The van der Waals surface area contributed by atoms with Crippen LogP contribution < -0.4 is 15.5 Å². The van der Waals surface area contributed by atoms with E-state index in [1.54, 1.807) is 12.1 Å². The fraction of sp³-hybridized carbons (Fsp3) is 0.0769. The number of aromatic amines is 1. The first-order chi connectivity index (χ1) is 9.51. The molecule has 1 amide bonds. The molecule has 2 aromatic rings. The predicted octanol–water partition coefficient (Wildman–Crippen LogP) is 2.94. The van der Waals surface area contributed by atoms with E-state index in [9.17, 15) is 9.59 Å². The smallest absolute Gasteiger partial charge is 0.272 e. The Morgan fingerprint density at radius 3 is 2.65 bits per heavy atom. The molecule has 20 heavy (non-hydrogen) atoms. The van der Waals surface area contributed by atoms with Crippen LogP contribution in [0.25, 0.3) is 0 Å². The lowest BCUT2D eigenvalue weighted by Gasteiger charge is -2.07. The van der Waals surface area contributed by atoms with E-state index < -0.39 is 11.3 Å². The van der Waals surface area contributed by atoms with Crippen LogP contribution in [-0.4, -0.2) is 18.0 Å². The van der Waals surface area contributed by atoms with Gasteiger partial charge in [-0.2, -0.15) is 0 Å². The fourth-order valence-electron chi connectivity index (χ4n) is 1.53. The highest BCUT2D eigenvalue weighted by Crippen LogP contribution is 2.25. The molecule has 5 nitrogen and oxygen atoms in total. The Kier molecular flexibility index (Phi) is 4.32. The third-order valence-electron chi connectivity index (χ3n) is 2.52. The number of benzene rings is 1. The van der Waals surface area contributed by atoms with E-state index in [4.69, 9.17) is 27.9 Å². The van der Waals surface area contributed by atoms with Crippen LogP contribution in [0.3, 0.4) is 0 Å². The number of anilines is 1. The summed E-state index contributed by atoms with van der Waals surface area (Å²) in [5, 5.41) is 3.35. The zero-order valence-corrected chi connectivity index (χ0v) is 11.9. The largest absolute Gasteiger partial charge is 0.491 e. The number of hydrogen-bond acceptors (Lipinski definition) is 3. The first kappa shape index (κ1) is 14.4. The quantitative estimate of drug-likeness (QED) is 0.915. The van der Waals surface area contributed by atoms with Gasteiger partial charge >= 0.3 is 0 Å². The van der Waals surface area contributed by atoms with Crippen molar-refractivity contribution in [1.29, 1.82) is 0 Å². The second-order valence-corrected chi connectivity index (χ2v) is 4.70. The third-order valence-corrected chi connectivity index (χ3v) is 3.07. The Balaban J connectivity index is 2.24. The van der Waals surface area contributed by atoms with Crippen LogP contribution >= 0.6 is 23.2 Å². The molecule has 1 aromatic carbocycles. The van der Waals surface area contributed by atoms with Gasteiger partial charge in [0, 0.05) is 17.3 Å². The predicted molar refractivity (Wildman–Crippen MR) is 78.0 cm³/mol. The molecule has 0 aliphatic heterocycles. The number of carbonyl (C=O) groups is 1. The summed E-state index contributed by atoms with van der Waals surface area (Å²) in [4.78, 5) is 26.2. The van der Waals surface area contributed by atoms with Crippen molar-refractivity contribution in [2.75, 3.05) is 12.4 Å². The van der Waals surface area contributed by atoms with Gasteiger partial charge in [0.25, 0.3) is 5.91 Å². The number of halogens is 2. The van der Waals surface area contributed by atoms with E-state index in [1.807, 2.05) is 0 Å². The molecule has 104 valence electrons. The highest BCUT2D eigenvalue weighted by atomic mass is 35.5. The number of pyridine rings is 1. The topological polar surface area (TPSA) is 71.2 Å². The van der Waals surface area contributed by atoms with Crippen molar-refractivity contribution < 1.29 is 9.53 Å². The summed E-state index contributed by atoms with van der Waals surface area (Å²) in [6, 6.07) is 5.83. The lowest BCUT2D eigenvalue weighted by Crippen LogP contribution is -2.17. The highest BCUT2D eigenvalue weighted by Gasteiger charge is 2.11. The minimum absolute atomic E-state index is 0.0989. The van der Waals surface area contributed by atoms with Gasteiger partial charge in [0.05, 0.1) is 17.8 Å². The first-order valence-corrected chi connectivity index (χ1v) is 6.30. The zero-order chi connectivity index (χ0) is 14.7. The van der Waals surface area contributed by atoms with Crippen molar-refractivity contribution in [1.82, 2.24) is 4.98 Å². The van der Waals surface area contributed by atoms with Crippen molar-refractivity contribution in [3.05, 3.63) is 56.4 Å². The van der Waals surface area contributed by atoms with E-state index in [2.05, 4.69) is 10.3 Å². The fourth-order valence-corrected chi connectivity index (χ4v) is 1.99. The number of aromatic nitrogens is 1. The molecule has 0 unspecified atom stereocenters. The van der Waals surface area contributed by atoms with E-state index in [0.29, 0.717) is 15.7 Å². The van der Waals surface area contributed by atoms with Gasteiger partial charge in [-0.25, -0.2) is 0 Å². The number of ether oxygens (including phenoxy) is 1. The van der Waals surface area contributed by atoms with Crippen molar-refractivity contribution in [2.24, 2.45) is 0 Å². The van der Waals surface area contributed by atoms with E-state index >= 15 is 0 Å². The number of methoxy groups -OCH3 is 1. The number of nitrogens with one attached hydrogen (secondary N) is 2. The molecule has 0 spiro atoms. The Labute approximate surface area is 124 Å². The van der Waals surface area contributed by atoms with Crippen molar-refractivity contribution in [2.45, 2.75) is 0 Å². The second kappa shape index (κ2) is 5.98. The molecule has 7 heteroatoms. The van der Waals surface area contributed by atoms with Gasteiger partial charge in [0.2, 0.25) is 5.43 Å². The molecule has 2 N–H and O–H groups in total. The highest BCUT2D eigenvalue weighted by molar-refractivity contribution is 6.36. The molecule has 0 saturated heterocycles. The average Bonchev–Trinajstić information content (AvgIpc) is 2.41. The number of rotatable bonds is 3. The maximum atomic E-state index is 12.0. The van der Waals surface area contributed by atoms with Crippen LogP contribution in [-0.2, 0) is 0 Å². The molecule has 0 saturated carbocycles. The van der Waals surface area contributed by atoms with Crippen LogP contribution in [0.4, 0.5) is 5.69 Å². The summed E-state index contributed by atoms with van der Waals surface area (Å²) in [5.74, 6) is -0.361. The van der Waals surface area contributed by atoms with Crippen LogP contribution in [0.5, 0.6) is 5.75 Å². The normalized spacial score (nSPS) is 10.2. The summed E-state index contributed by atoms with van der Waals surface area (Å²) < 4.78 is 4.82. The molecular weight excluding hydrogens is 303 g/mol. The number of carbonyl (C=O) groups excluding carboxylic acids is 1. The molecule has 0 radical (unpaired) electrons. The van der Waals surface area contributed by atoms with Crippen LogP contribution in [0.1, 0.15) is 10.5 Å². The standard InChI is InChI=1S/C13H10Cl2N2O3/c1-20-12-6-16-10(5-11(12)18)13(19)17-9-3-2-7(14)4-8(9)15/h2-6H,1H3,(H,16,18)(H,17,19). The van der Waals surface area contributed by atoms with Gasteiger partial charge in [-0.15, -0.1) is 0 Å². The third kappa shape index (κ3) is 3.12. The zero-order valence-electron chi connectivity index (χ0n) is 10.4. The molecule has 0 fully saturated rings. The minimum Gasteiger partial charge on any atom is -0.491 e. The number of hydrogen-bond donors (Lipinski definition) is 2. The molecule has 2 rings (SSSR count). The van der Waals surface area contributed by atoms with E-state index in [0.717, 1.165) is 6.07 Å². The minimum atomic E-state index is -0.492. The Bertz CT molecular complexity index is 713. The SMILES string of the molecule is COc1c[nH]c(C(=O)Nc2ccc(Cl)cc2Cl)cc1=O. The first-order valence-electron chi connectivity index (χ1n) is 5.54. The maximum absolute atomic E-state index is 12.0.